The van der Waals surface area contributed by atoms with Crippen LogP contribution in [0.4, 0.5) is 15.9 Å². The standard InChI is InChI=1S/C29H30ClFN8O/c1-37-10-12-39(13-11-37)29(32)38(2)35-17-20-6-8-26-24(15-20)28(34-19-33-26)36-23-7-9-27(25(30)16-23)40-18-21-4-3-5-22(31)14-21/h3-9,14-17,19,32H,10-13,18H2,1-2H3,(H,33,34,36). The Bertz CT molecular complexity index is 1540. The third-order valence-corrected chi connectivity index (χ3v) is 6.92. The maximum Gasteiger partial charge on any atom is 0.214 e. The van der Waals surface area contributed by atoms with E-state index in [-0.39, 0.29) is 12.4 Å². The number of nitrogens with one attached hydrogen (secondary N) is 2. The lowest BCUT2D eigenvalue weighted by molar-refractivity contribution is 0.200. The predicted octanol–water partition coefficient (Wildman–Crippen LogP) is 5.19. The Balaban J connectivity index is 1.28. The SMILES string of the molecule is CN1CCN(C(=N)N(C)N=Cc2ccc3ncnc(Nc4ccc(OCc5cccc(F)c5)c(Cl)c4)c3c2)CC1. The molecule has 206 valence electrons. The molecule has 1 fully saturated rings. The molecule has 1 aliphatic heterocycles. The van der Waals surface area contributed by atoms with Crippen molar-refractivity contribution in [2.45, 2.75) is 6.61 Å². The van der Waals surface area contributed by atoms with E-state index in [1.54, 1.807) is 42.5 Å². The molecule has 2 N–H and O–H groups in total. The van der Waals surface area contributed by atoms with Gasteiger partial charge in [0.2, 0.25) is 5.96 Å². The van der Waals surface area contributed by atoms with Gasteiger partial charge < -0.3 is 19.9 Å². The van der Waals surface area contributed by atoms with E-state index < -0.39 is 0 Å². The molecule has 1 aliphatic rings. The normalized spacial score (nSPS) is 14.1. The molecule has 40 heavy (non-hydrogen) atoms. The van der Waals surface area contributed by atoms with Crippen LogP contribution in [0.15, 0.2) is 72.1 Å². The molecule has 0 unspecified atom stereocenters. The number of piperazine rings is 1. The number of nitrogens with zero attached hydrogens (tertiary/aromatic N) is 6. The zero-order valence-electron chi connectivity index (χ0n) is 22.3. The van der Waals surface area contributed by atoms with Crippen LogP contribution >= 0.6 is 11.6 Å². The molecular formula is C29H30ClFN8O. The summed E-state index contributed by atoms with van der Waals surface area (Å²) in [6.07, 6.45) is 3.23. The Kier molecular flexibility index (Phi) is 8.37. The van der Waals surface area contributed by atoms with Crippen LogP contribution in [0.1, 0.15) is 11.1 Å². The van der Waals surface area contributed by atoms with Gasteiger partial charge in [-0.1, -0.05) is 29.8 Å². The average Bonchev–Trinajstić information content (AvgIpc) is 2.96. The molecule has 1 aromatic heterocycles. The molecule has 1 saturated heterocycles. The molecule has 0 radical (unpaired) electrons. The molecule has 2 heterocycles. The van der Waals surface area contributed by atoms with E-state index in [9.17, 15) is 4.39 Å². The molecule has 0 amide bonds. The number of fused-ring (bicyclic) bond motifs is 1. The van der Waals surface area contributed by atoms with Crippen LogP contribution in [-0.2, 0) is 6.61 Å². The van der Waals surface area contributed by atoms with Gasteiger partial charge in [-0.05, 0) is 60.6 Å². The van der Waals surface area contributed by atoms with E-state index in [4.69, 9.17) is 21.7 Å². The van der Waals surface area contributed by atoms with Gasteiger partial charge in [0.1, 0.15) is 30.3 Å². The van der Waals surface area contributed by atoms with Crippen molar-refractivity contribution >= 4 is 46.2 Å². The fourth-order valence-electron chi connectivity index (χ4n) is 4.31. The van der Waals surface area contributed by atoms with E-state index in [1.807, 2.05) is 29.2 Å². The Labute approximate surface area is 237 Å². The second-order valence-corrected chi connectivity index (χ2v) is 9.98. The van der Waals surface area contributed by atoms with Crippen molar-refractivity contribution in [3.05, 3.63) is 89.0 Å². The van der Waals surface area contributed by atoms with Crippen molar-refractivity contribution in [1.82, 2.24) is 24.8 Å². The molecular weight excluding hydrogens is 531 g/mol. The zero-order valence-corrected chi connectivity index (χ0v) is 23.1. The topological polar surface area (TPSA) is 93.0 Å². The number of hydrazone groups is 1. The van der Waals surface area contributed by atoms with E-state index in [2.05, 4.69) is 32.3 Å². The first kappa shape index (κ1) is 27.3. The summed E-state index contributed by atoms with van der Waals surface area (Å²) in [7, 11) is 3.87. The van der Waals surface area contributed by atoms with Crippen LogP contribution in [0.5, 0.6) is 5.75 Å². The van der Waals surface area contributed by atoms with Gasteiger partial charge in [-0.2, -0.15) is 5.10 Å². The highest BCUT2D eigenvalue weighted by molar-refractivity contribution is 6.32. The number of aromatic nitrogens is 2. The summed E-state index contributed by atoms with van der Waals surface area (Å²) in [4.78, 5) is 13.1. The Morgan fingerprint density at radius 3 is 2.73 bits per heavy atom. The van der Waals surface area contributed by atoms with Gasteiger partial charge >= 0.3 is 0 Å². The Hall–Kier alpha value is -4.28. The number of ether oxygens (including phenoxy) is 1. The highest BCUT2D eigenvalue weighted by Gasteiger charge is 2.18. The van der Waals surface area contributed by atoms with Crippen LogP contribution in [0.2, 0.25) is 5.02 Å². The second kappa shape index (κ2) is 12.3. The summed E-state index contributed by atoms with van der Waals surface area (Å²) in [6.45, 7) is 3.67. The van der Waals surface area contributed by atoms with Crippen molar-refractivity contribution in [3.8, 4) is 5.75 Å². The highest BCUT2D eigenvalue weighted by Crippen LogP contribution is 2.31. The average molecular weight is 561 g/mol. The molecule has 5 rings (SSSR count). The monoisotopic (exact) mass is 560 g/mol. The van der Waals surface area contributed by atoms with Gasteiger partial charge in [0.15, 0.2) is 0 Å². The van der Waals surface area contributed by atoms with E-state index in [0.29, 0.717) is 28.1 Å². The van der Waals surface area contributed by atoms with E-state index in [0.717, 1.165) is 48.3 Å². The molecule has 11 heteroatoms. The summed E-state index contributed by atoms with van der Waals surface area (Å²) in [5.41, 5.74) is 3.06. The third kappa shape index (κ3) is 6.64. The first-order chi connectivity index (χ1) is 19.4. The molecule has 0 bridgehead atoms. The van der Waals surface area contributed by atoms with Crippen molar-refractivity contribution < 1.29 is 9.13 Å². The lowest BCUT2D eigenvalue weighted by Gasteiger charge is -2.35. The zero-order chi connectivity index (χ0) is 28.1. The molecule has 0 atom stereocenters. The summed E-state index contributed by atoms with van der Waals surface area (Å²) in [6, 6.07) is 17.4. The van der Waals surface area contributed by atoms with Gasteiger partial charge in [0, 0.05) is 44.3 Å². The summed E-state index contributed by atoms with van der Waals surface area (Å²) < 4.78 is 19.2. The van der Waals surface area contributed by atoms with Crippen molar-refractivity contribution in [2.24, 2.45) is 5.10 Å². The van der Waals surface area contributed by atoms with E-state index >= 15 is 0 Å². The number of benzene rings is 3. The maximum atomic E-state index is 13.4. The van der Waals surface area contributed by atoms with Crippen molar-refractivity contribution in [1.29, 1.82) is 5.41 Å². The molecule has 9 nitrogen and oxygen atoms in total. The first-order valence-electron chi connectivity index (χ1n) is 12.8. The molecule has 0 saturated carbocycles. The summed E-state index contributed by atoms with van der Waals surface area (Å²) in [5.74, 6) is 1.17. The number of halogens is 2. The van der Waals surface area contributed by atoms with Gasteiger partial charge in [-0.25, -0.2) is 19.4 Å². The van der Waals surface area contributed by atoms with Gasteiger partial charge in [0.25, 0.3) is 0 Å². The number of guanidine groups is 1. The molecule has 3 aromatic carbocycles. The lowest BCUT2D eigenvalue weighted by Crippen LogP contribution is -2.50. The van der Waals surface area contributed by atoms with Crippen LogP contribution in [-0.4, -0.2) is 77.2 Å². The fraction of sp³-hybridized carbons (Fsp3) is 0.241. The van der Waals surface area contributed by atoms with Crippen LogP contribution in [0, 0.1) is 11.2 Å². The summed E-state index contributed by atoms with van der Waals surface area (Å²) in [5, 5.41) is 19.1. The van der Waals surface area contributed by atoms with Crippen molar-refractivity contribution in [2.75, 3.05) is 45.6 Å². The van der Waals surface area contributed by atoms with Gasteiger partial charge in [0.05, 0.1) is 16.8 Å². The molecule has 4 aromatic rings. The van der Waals surface area contributed by atoms with Crippen molar-refractivity contribution in [3.63, 3.8) is 0 Å². The number of hydrogen-bond donors (Lipinski definition) is 2. The Morgan fingerprint density at radius 1 is 1.12 bits per heavy atom. The van der Waals surface area contributed by atoms with Crippen LogP contribution in [0.25, 0.3) is 10.9 Å². The lowest BCUT2D eigenvalue weighted by atomic mass is 10.1. The highest BCUT2D eigenvalue weighted by atomic mass is 35.5. The van der Waals surface area contributed by atoms with Crippen LogP contribution in [0.3, 0.4) is 0 Å². The fourth-order valence-corrected chi connectivity index (χ4v) is 4.54. The Morgan fingerprint density at radius 2 is 1.95 bits per heavy atom. The number of rotatable bonds is 7. The number of likely N-dealkylation sites (N-methyl/N-ethyl adjacent to an activating group) is 1. The molecule has 0 spiro atoms. The van der Waals surface area contributed by atoms with Crippen LogP contribution < -0.4 is 10.1 Å². The van der Waals surface area contributed by atoms with Gasteiger partial charge in [-0.15, -0.1) is 0 Å². The van der Waals surface area contributed by atoms with Gasteiger partial charge in [-0.3, -0.25) is 5.41 Å². The second-order valence-electron chi connectivity index (χ2n) is 9.57. The minimum Gasteiger partial charge on any atom is -0.487 e. The molecule has 0 aliphatic carbocycles. The largest absolute Gasteiger partial charge is 0.487 e. The maximum absolute atomic E-state index is 13.4. The number of anilines is 2. The van der Waals surface area contributed by atoms with E-state index in [1.165, 1.54) is 18.5 Å². The third-order valence-electron chi connectivity index (χ3n) is 6.63. The smallest absolute Gasteiger partial charge is 0.214 e. The minimum atomic E-state index is -0.310. The first-order valence-corrected chi connectivity index (χ1v) is 13.2. The predicted molar refractivity (Wildman–Crippen MR) is 157 cm³/mol. The summed E-state index contributed by atoms with van der Waals surface area (Å²) >= 11 is 6.48. The number of hydrogen-bond acceptors (Lipinski definition) is 7. The minimum absolute atomic E-state index is 0.204. The quantitative estimate of drug-likeness (QED) is 0.182.